The quantitative estimate of drug-likeness (QED) is 0.736. The van der Waals surface area contributed by atoms with Gasteiger partial charge in [0, 0.05) is 23.2 Å². The Morgan fingerprint density at radius 3 is 1.36 bits per heavy atom. The third-order valence-corrected chi connectivity index (χ3v) is 3.89. The molecule has 2 rings (SSSR count). The van der Waals surface area contributed by atoms with Gasteiger partial charge in [-0.1, -0.05) is 36.4 Å². The topological polar surface area (TPSA) is 3.24 Å². The van der Waals surface area contributed by atoms with Crippen molar-refractivity contribution < 1.29 is 8.78 Å². The van der Waals surface area contributed by atoms with E-state index in [1.165, 1.54) is 12.1 Å². The zero-order valence-electron chi connectivity index (χ0n) is 13.6. The van der Waals surface area contributed by atoms with Gasteiger partial charge in [-0.15, -0.1) is 0 Å². The normalized spacial score (nSPS) is 11.9. The van der Waals surface area contributed by atoms with Crippen LogP contribution in [0.2, 0.25) is 0 Å². The molecule has 0 saturated heterocycles. The Morgan fingerprint density at radius 1 is 0.682 bits per heavy atom. The largest absolute Gasteiger partial charge is 0.287 e. The van der Waals surface area contributed by atoms with Crippen molar-refractivity contribution >= 4 is 0 Å². The van der Waals surface area contributed by atoms with Crippen LogP contribution >= 0.6 is 0 Å². The molecular formula is C19H23F2N. The molecule has 2 aromatic carbocycles. The SMILES string of the molecule is CC(C)N(C(C)C)C(c1ccccc1F)c1ccccc1F. The first-order valence-corrected chi connectivity index (χ1v) is 7.69. The fraction of sp³-hybridized carbons (Fsp3) is 0.368. The number of halogens is 2. The van der Waals surface area contributed by atoms with E-state index in [1.54, 1.807) is 36.4 Å². The van der Waals surface area contributed by atoms with E-state index in [-0.39, 0.29) is 23.7 Å². The molecule has 0 aliphatic carbocycles. The predicted molar refractivity (Wildman–Crippen MR) is 86.8 cm³/mol. The van der Waals surface area contributed by atoms with Gasteiger partial charge in [-0.2, -0.15) is 0 Å². The molecule has 0 N–H and O–H groups in total. The average Bonchev–Trinajstić information content (AvgIpc) is 2.45. The van der Waals surface area contributed by atoms with E-state index >= 15 is 0 Å². The molecule has 2 aromatic rings. The molecule has 0 radical (unpaired) electrons. The van der Waals surface area contributed by atoms with Gasteiger partial charge in [-0.3, -0.25) is 4.90 Å². The van der Waals surface area contributed by atoms with Crippen molar-refractivity contribution in [2.24, 2.45) is 0 Å². The Bertz CT molecular complexity index is 569. The molecule has 0 saturated carbocycles. The monoisotopic (exact) mass is 303 g/mol. The van der Waals surface area contributed by atoms with Crippen LogP contribution in [0.5, 0.6) is 0 Å². The zero-order valence-corrected chi connectivity index (χ0v) is 13.6. The maximum atomic E-state index is 14.4. The summed E-state index contributed by atoms with van der Waals surface area (Å²) in [6, 6.07) is 13.1. The summed E-state index contributed by atoms with van der Waals surface area (Å²) in [5.74, 6) is -0.607. The molecule has 3 heteroatoms. The van der Waals surface area contributed by atoms with Crippen molar-refractivity contribution in [2.45, 2.75) is 45.8 Å². The molecule has 0 atom stereocenters. The van der Waals surface area contributed by atoms with E-state index in [9.17, 15) is 8.78 Å². The third kappa shape index (κ3) is 3.36. The first-order chi connectivity index (χ1) is 10.4. The van der Waals surface area contributed by atoms with Crippen molar-refractivity contribution in [3.63, 3.8) is 0 Å². The predicted octanol–water partition coefficient (Wildman–Crippen LogP) is 5.17. The lowest BCUT2D eigenvalue weighted by molar-refractivity contribution is 0.130. The number of nitrogens with zero attached hydrogens (tertiary/aromatic N) is 1. The van der Waals surface area contributed by atoms with Gasteiger partial charge in [0.25, 0.3) is 0 Å². The maximum absolute atomic E-state index is 14.4. The molecule has 0 aromatic heterocycles. The molecule has 0 fully saturated rings. The van der Waals surface area contributed by atoms with Crippen molar-refractivity contribution in [1.82, 2.24) is 4.90 Å². The summed E-state index contributed by atoms with van der Waals surface area (Å²) in [5, 5.41) is 0. The first-order valence-electron chi connectivity index (χ1n) is 7.69. The highest BCUT2D eigenvalue weighted by molar-refractivity contribution is 5.34. The second-order valence-electron chi connectivity index (χ2n) is 6.08. The van der Waals surface area contributed by atoms with Crippen LogP contribution < -0.4 is 0 Å². The van der Waals surface area contributed by atoms with Gasteiger partial charge in [0.05, 0.1) is 6.04 Å². The second-order valence-corrected chi connectivity index (χ2v) is 6.08. The molecule has 0 spiro atoms. The van der Waals surface area contributed by atoms with Crippen molar-refractivity contribution in [2.75, 3.05) is 0 Å². The fourth-order valence-corrected chi connectivity index (χ4v) is 3.08. The molecule has 0 aliphatic rings. The van der Waals surface area contributed by atoms with Gasteiger partial charge < -0.3 is 0 Å². The van der Waals surface area contributed by atoms with E-state index < -0.39 is 6.04 Å². The highest BCUT2D eigenvalue weighted by Crippen LogP contribution is 2.34. The van der Waals surface area contributed by atoms with E-state index in [0.29, 0.717) is 11.1 Å². The van der Waals surface area contributed by atoms with Crippen LogP contribution in [0, 0.1) is 11.6 Å². The van der Waals surface area contributed by atoms with E-state index in [2.05, 4.69) is 32.6 Å². The van der Waals surface area contributed by atoms with Crippen molar-refractivity contribution in [3.05, 3.63) is 71.3 Å². The second kappa shape index (κ2) is 7.01. The summed E-state index contributed by atoms with van der Waals surface area (Å²) in [7, 11) is 0. The first kappa shape index (κ1) is 16.6. The summed E-state index contributed by atoms with van der Waals surface area (Å²) < 4.78 is 28.8. The molecule has 0 bridgehead atoms. The van der Waals surface area contributed by atoms with Gasteiger partial charge in [0.1, 0.15) is 11.6 Å². The summed E-state index contributed by atoms with van der Waals surface area (Å²) in [6.07, 6.45) is 0. The van der Waals surface area contributed by atoms with Crippen LogP contribution in [-0.4, -0.2) is 17.0 Å². The van der Waals surface area contributed by atoms with Crippen LogP contribution in [0.25, 0.3) is 0 Å². The lowest BCUT2D eigenvalue weighted by Crippen LogP contribution is -2.41. The average molecular weight is 303 g/mol. The Kier molecular flexibility index (Phi) is 5.30. The standard InChI is InChI=1S/C19H23F2N/c1-13(2)22(14(3)4)19(15-9-5-7-11-17(15)20)16-10-6-8-12-18(16)21/h5-14,19H,1-4H3. The van der Waals surface area contributed by atoms with Crippen LogP contribution in [-0.2, 0) is 0 Å². The maximum Gasteiger partial charge on any atom is 0.128 e. The minimum absolute atomic E-state index is 0.157. The fourth-order valence-electron chi connectivity index (χ4n) is 3.08. The Labute approximate surface area is 131 Å². The van der Waals surface area contributed by atoms with Crippen molar-refractivity contribution in [3.8, 4) is 0 Å². The number of rotatable bonds is 5. The Hall–Kier alpha value is -1.74. The molecule has 0 unspecified atom stereocenters. The van der Waals surface area contributed by atoms with Crippen LogP contribution in [0.15, 0.2) is 48.5 Å². The Morgan fingerprint density at radius 2 is 1.05 bits per heavy atom. The van der Waals surface area contributed by atoms with Gasteiger partial charge in [0.15, 0.2) is 0 Å². The van der Waals surface area contributed by atoms with Crippen molar-refractivity contribution in [1.29, 1.82) is 0 Å². The number of benzene rings is 2. The molecular weight excluding hydrogens is 280 g/mol. The van der Waals surface area contributed by atoms with Gasteiger partial charge in [-0.25, -0.2) is 8.78 Å². The highest BCUT2D eigenvalue weighted by atomic mass is 19.1. The van der Waals surface area contributed by atoms with Gasteiger partial charge >= 0.3 is 0 Å². The summed E-state index contributed by atoms with van der Waals surface area (Å²) >= 11 is 0. The van der Waals surface area contributed by atoms with E-state index in [4.69, 9.17) is 0 Å². The molecule has 0 aliphatic heterocycles. The number of hydrogen-bond donors (Lipinski definition) is 0. The minimum Gasteiger partial charge on any atom is -0.287 e. The molecule has 0 heterocycles. The Balaban J connectivity index is 2.65. The summed E-state index contributed by atoms with van der Waals surface area (Å²) in [4.78, 5) is 2.14. The van der Waals surface area contributed by atoms with Crippen LogP contribution in [0.1, 0.15) is 44.9 Å². The summed E-state index contributed by atoms with van der Waals surface area (Å²) in [6.45, 7) is 8.20. The lowest BCUT2D eigenvalue weighted by Gasteiger charge is -2.39. The van der Waals surface area contributed by atoms with Gasteiger partial charge in [-0.05, 0) is 39.8 Å². The van der Waals surface area contributed by atoms with Crippen LogP contribution in [0.3, 0.4) is 0 Å². The van der Waals surface area contributed by atoms with E-state index in [1.807, 2.05) is 0 Å². The highest BCUT2D eigenvalue weighted by Gasteiger charge is 2.30. The third-order valence-electron chi connectivity index (χ3n) is 3.89. The van der Waals surface area contributed by atoms with Crippen LogP contribution in [0.4, 0.5) is 8.78 Å². The molecule has 22 heavy (non-hydrogen) atoms. The van der Waals surface area contributed by atoms with E-state index in [0.717, 1.165) is 0 Å². The smallest absolute Gasteiger partial charge is 0.128 e. The molecule has 1 nitrogen and oxygen atoms in total. The summed E-state index contributed by atoms with van der Waals surface area (Å²) in [5.41, 5.74) is 1.02. The van der Waals surface area contributed by atoms with Gasteiger partial charge in [0.2, 0.25) is 0 Å². The molecule has 0 amide bonds. The molecule has 118 valence electrons. The minimum atomic E-state index is -0.442. The zero-order chi connectivity index (χ0) is 16.3. The lowest BCUT2D eigenvalue weighted by atomic mass is 9.93. The number of hydrogen-bond acceptors (Lipinski definition) is 1.